The van der Waals surface area contributed by atoms with Crippen LogP contribution in [0, 0.1) is 11.3 Å². The van der Waals surface area contributed by atoms with E-state index in [4.69, 9.17) is 16.9 Å². The molecule has 0 aliphatic carbocycles. The van der Waals surface area contributed by atoms with Crippen molar-refractivity contribution in [1.29, 1.82) is 5.26 Å². The average Bonchev–Trinajstić information content (AvgIpc) is 2.83. The van der Waals surface area contributed by atoms with Crippen molar-refractivity contribution in [3.63, 3.8) is 0 Å². The van der Waals surface area contributed by atoms with E-state index in [1.54, 1.807) is 11.3 Å². The topological polar surface area (TPSA) is 35.8 Å². The van der Waals surface area contributed by atoms with Crippen LogP contribution in [0.15, 0.2) is 36.4 Å². The van der Waals surface area contributed by atoms with Crippen LogP contribution in [0.2, 0.25) is 4.34 Å². The van der Waals surface area contributed by atoms with Gasteiger partial charge in [-0.05, 0) is 30.7 Å². The molecular weight excluding hydrogens is 264 g/mol. The second-order valence-electron chi connectivity index (χ2n) is 4.01. The number of hydrogen-bond acceptors (Lipinski definition) is 3. The zero-order valence-electron chi connectivity index (χ0n) is 9.98. The highest BCUT2D eigenvalue weighted by Gasteiger charge is 2.08. The van der Waals surface area contributed by atoms with Crippen molar-refractivity contribution in [2.75, 3.05) is 0 Å². The zero-order chi connectivity index (χ0) is 13.0. The molecule has 1 aromatic heterocycles. The number of thiophene rings is 1. The maximum atomic E-state index is 9.01. The Hall–Kier alpha value is -1.34. The molecule has 2 rings (SSSR count). The van der Waals surface area contributed by atoms with Crippen LogP contribution in [-0.2, 0) is 6.54 Å². The smallest absolute Gasteiger partial charge is 0.0995 e. The highest BCUT2D eigenvalue weighted by molar-refractivity contribution is 7.16. The molecule has 0 bridgehead atoms. The third-order valence-corrected chi connectivity index (χ3v) is 4.17. The molecule has 1 aromatic carbocycles. The third-order valence-electron chi connectivity index (χ3n) is 2.76. The van der Waals surface area contributed by atoms with E-state index < -0.39 is 0 Å². The molecule has 2 nitrogen and oxygen atoms in total. The van der Waals surface area contributed by atoms with Crippen LogP contribution >= 0.6 is 22.9 Å². The molecule has 0 spiro atoms. The molecule has 2 aromatic rings. The zero-order valence-corrected chi connectivity index (χ0v) is 11.6. The monoisotopic (exact) mass is 276 g/mol. The van der Waals surface area contributed by atoms with Crippen molar-refractivity contribution >= 4 is 22.9 Å². The Labute approximate surface area is 116 Å². The summed E-state index contributed by atoms with van der Waals surface area (Å²) in [5.41, 5.74) is 1.75. The lowest BCUT2D eigenvalue weighted by Gasteiger charge is -2.12. The lowest BCUT2D eigenvalue weighted by molar-refractivity contribution is 0.582. The van der Waals surface area contributed by atoms with Crippen molar-refractivity contribution in [2.24, 2.45) is 0 Å². The maximum absolute atomic E-state index is 9.01. The van der Waals surface area contributed by atoms with E-state index in [0.29, 0.717) is 6.54 Å². The summed E-state index contributed by atoms with van der Waals surface area (Å²) in [5, 5.41) is 12.4. The van der Waals surface area contributed by atoms with Crippen molar-refractivity contribution in [3.8, 4) is 6.07 Å². The second-order valence-corrected chi connectivity index (χ2v) is 5.76. The summed E-state index contributed by atoms with van der Waals surface area (Å²) < 4.78 is 0.802. The van der Waals surface area contributed by atoms with Crippen LogP contribution in [0.25, 0.3) is 0 Å². The van der Waals surface area contributed by atoms with Crippen LogP contribution < -0.4 is 5.32 Å². The van der Waals surface area contributed by atoms with Gasteiger partial charge in [0, 0.05) is 17.5 Å². The first-order valence-electron chi connectivity index (χ1n) is 5.67. The number of benzene rings is 1. The molecule has 0 amide bonds. The molecule has 1 atom stereocenters. The molecular formula is C14H13ClN2S. The first-order valence-corrected chi connectivity index (χ1v) is 6.87. The highest BCUT2D eigenvalue weighted by atomic mass is 35.5. The highest BCUT2D eigenvalue weighted by Crippen LogP contribution is 2.26. The Balaban J connectivity index is 2.02. The van der Waals surface area contributed by atoms with Gasteiger partial charge in [0.2, 0.25) is 0 Å². The fourth-order valence-electron chi connectivity index (χ4n) is 1.71. The molecule has 1 heterocycles. The second kappa shape index (κ2) is 6.01. The van der Waals surface area contributed by atoms with E-state index in [0.717, 1.165) is 15.5 Å². The van der Waals surface area contributed by atoms with Gasteiger partial charge in [0.15, 0.2) is 0 Å². The minimum Gasteiger partial charge on any atom is -0.305 e. The minimum atomic E-state index is 0.231. The van der Waals surface area contributed by atoms with Crippen LogP contribution in [-0.4, -0.2) is 0 Å². The summed E-state index contributed by atoms with van der Waals surface area (Å²) in [6.07, 6.45) is 0. The molecule has 0 aliphatic rings. The predicted octanol–water partition coefficient (Wildman–Crippen LogP) is 4.12. The Morgan fingerprint density at radius 3 is 2.78 bits per heavy atom. The number of halogens is 1. The first-order chi connectivity index (χ1) is 8.70. The number of hydrogen-bond donors (Lipinski definition) is 1. The van der Waals surface area contributed by atoms with Crippen LogP contribution in [0.1, 0.15) is 29.0 Å². The molecule has 18 heavy (non-hydrogen) atoms. The quantitative estimate of drug-likeness (QED) is 0.912. The van der Waals surface area contributed by atoms with E-state index in [9.17, 15) is 0 Å². The van der Waals surface area contributed by atoms with Gasteiger partial charge < -0.3 is 5.32 Å². The lowest BCUT2D eigenvalue weighted by Crippen LogP contribution is -2.17. The van der Waals surface area contributed by atoms with E-state index in [1.807, 2.05) is 36.4 Å². The Kier molecular flexibility index (Phi) is 4.38. The summed E-state index contributed by atoms with van der Waals surface area (Å²) >= 11 is 7.50. The Morgan fingerprint density at radius 2 is 2.11 bits per heavy atom. The fourth-order valence-corrected chi connectivity index (χ4v) is 2.80. The van der Waals surface area contributed by atoms with Gasteiger partial charge in [0.05, 0.1) is 16.0 Å². The van der Waals surface area contributed by atoms with Gasteiger partial charge >= 0.3 is 0 Å². The van der Waals surface area contributed by atoms with Gasteiger partial charge in [0.25, 0.3) is 0 Å². The summed E-state index contributed by atoms with van der Waals surface area (Å²) in [6.45, 7) is 2.78. The molecule has 92 valence electrons. The maximum Gasteiger partial charge on any atom is 0.0995 e. The number of nitrogens with zero attached hydrogens (tertiary/aromatic N) is 1. The number of nitrogens with one attached hydrogen (secondary N) is 1. The predicted molar refractivity (Wildman–Crippen MR) is 75.7 cm³/mol. The van der Waals surface area contributed by atoms with Crippen LogP contribution in [0.4, 0.5) is 0 Å². The summed E-state index contributed by atoms with van der Waals surface area (Å²) in [5.74, 6) is 0. The number of rotatable bonds is 4. The van der Waals surface area contributed by atoms with E-state index in [1.165, 1.54) is 4.88 Å². The SMILES string of the molecule is CC(NCc1ccccc1C#N)c1ccc(Cl)s1. The van der Waals surface area contributed by atoms with Crippen molar-refractivity contribution < 1.29 is 0 Å². The molecule has 0 saturated heterocycles. The van der Waals surface area contributed by atoms with Gasteiger partial charge in [0.1, 0.15) is 0 Å². The molecule has 0 radical (unpaired) electrons. The van der Waals surface area contributed by atoms with Crippen LogP contribution in [0.5, 0.6) is 0 Å². The summed E-state index contributed by atoms with van der Waals surface area (Å²) in [4.78, 5) is 1.20. The molecule has 4 heteroatoms. The molecule has 1 N–H and O–H groups in total. The number of nitriles is 1. The van der Waals surface area contributed by atoms with E-state index in [-0.39, 0.29) is 6.04 Å². The molecule has 0 aliphatic heterocycles. The third kappa shape index (κ3) is 3.11. The Bertz CT molecular complexity index is 571. The van der Waals surface area contributed by atoms with Crippen LogP contribution in [0.3, 0.4) is 0 Å². The van der Waals surface area contributed by atoms with Crippen molar-refractivity contribution in [1.82, 2.24) is 5.32 Å². The normalized spacial score (nSPS) is 12.1. The summed E-state index contributed by atoms with van der Waals surface area (Å²) in [6, 6.07) is 14.0. The first kappa shape index (κ1) is 13.1. The largest absolute Gasteiger partial charge is 0.305 e. The van der Waals surface area contributed by atoms with E-state index >= 15 is 0 Å². The van der Waals surface area contributed by atoms with Gasteiger partial charge in [-0.3, -0.25) is 0 Å². The van der Waals surface area contributed by atoms with Gasteiger partial charge in [-0.2, -0.15) is 5.26 Å². The fraction of sp³-hybridized carbons (Fsp3) is 0.214. The molecule has 0 fully saturated rings. The average molecular weight is 277 g/mol. The minimum absolute atomic E-state index is 0.231. The standard InChI is InChI=1S/C14H13ClN2S/c1-10(13-6-7-14(15)18-13)17-9-12-5-3-2-4-11(12)8-16/h2-7,10,17H,9H2,1H3. The lowest BCUT2D eigenvalue weighted by atomic mass is 10.1. The molecule has 1 unspecified atom stereocenters. The van der Waals surface area contributed by atoms with Gasteiger partial charge in [-0.25, -0.2) is 0 Å². The van der Waals surface area contributed by atoms with Gasteiger partial charge in [-0.1, -0.05) is 29.8 Å². The van der Waals surface area contributed by atoms with E-state index in [2.05, 4.69) is 18.3 Å². The van der Waals surface area contributed by atoms with Gasteiger partial charge in [-0.15, -0.1) is 11.3 Å². The Morgan fingerprint density at radius 1 is 1.33 bits per heavy atom. The van der Waals surface area contributed by atoms with Crippen molar-refractivity contribution in [2.45, 2.75) is 19.5 Å². The summed E-state index contributed by atoms with van der Waals surface area (Å²) in [7, 11) is 0. The van der Waals surface area contributed by atoms with Crippen molar-refractivity contribution in [3.05, 3.63) is 56.7 Å². The molecule has 0 saturated carbocycles.